The number of benzene rings is 2. The molecular formula is C25H29F3O3. The third-order valence-electron chi connectivity index (χ3n) is 6.24. The van der Waals surface area contributed by atoms with E-state index in [9.17, 15) is 13.2 Å². The molecule has 0 radical (unpaired) electrons. The summed E-state index contributed by atoms with van der Waals surface area (Å²) in [7, 11) is 0. The summed E-state index contributed by atoms with van der Waals surface area (Å²) in [5.41, 5.74) is 1.46. The van der Waals surface area contributed by atoms with Gasteiger partial charge in [0.1, 0.15) is 0 Å². The van der Waals surface area contributed by atoms with Crippen molar-refractivity contribution >= 4 is 0 Å². The standard InChI is InChI=1S/C25H29F3O3/c1-3-5-19-10-7-15(14-30-19)6-8-16-12-18-13-17-9-11-20(29-4-2)22(27)24(17)31-25(18)23(28)21(16)26/h9,11-12,15,19H,3-8,10,13-14H2,1-2H3. The van der Waals surface area contributed by atoms with Crippen molar-refractivity contribution < 1.29 is 27.4 Å². The second-order valence-corrected chi connectivity index (χ2v) is 8.46. The molecule has 0 saturated carbocycles. The first kappa shape index (κ1) is 22.0. The molecular weight excluding hydrogens is 405 g/mol. The predicted octanol–water partition coefficient (Wildman–Crippen LogP) is 6.73. The van der Waals surface area contributed by atoms with Gasteiger partial charge in [-0.3, -0.25) is 0 Å². The fourth-order valence-electron chi connectivity index (χ4n) is 4.54. The zero-order chi connectivity index (χ0) is 22.0. The summed E-state index contributed by atoms with van der Waals surface area (Å²) in [5, 5.41) is 0. The van der Waals surface area contributed by atoms with Crippen molar-refractivity contribution in [3.05, 3.63) is 52.3 Å². The Morgan fingerprint density at radius 1 is 0.968 bits per heavy atom. The fourth-order valence-corrected chi connectivity index (χ4v) is 4.54. The molecule has 0 bridgehead atoms. The SMILES string of the molecule is CCCC1CCC(CCc2cc3c(c(F)c2F)Oc2c(ccc(OCC)c2F)C3)CO1. The maximum absolute atomic E-state index is 14.8. The van der Waals surface area contributed by atoms with Gasteiger partial charge in [0.25, 0.3) is 0 Å². The lowest BCUT2D eigenvalue weighted by atomic mass is 9.90. The summed E-state index contributed by atoms with van der Waals surface area (Å²) in [4.78, 5) is 0. The first-order valence-corrected chi connectivity index (χ1v) is 11.2. The Balaban J connectivity index is 1.49. The summed E-state index contributed by atoms with van der Waals surface area (Å²) in [5.74, 6) is -2.58. The highest BCUT2D eigenvalue weighted by molar-refractivity contribution is 5.54. The molecule has 2 heterocycles. The first-order valence-electron chi connectivity index (χ1n) is 11.2. The van der Waals surface area contributed by atoms with E-state index in [-0.39, 0.29) is 23.7 Å². The van der Waals surface area contributed by atoms with Crippen molar-refractivity contribution in [1.29, 1.82) is 0 Å². The molecule has 2 aliphatic rings. The average Bonchev–Trinajstić information content (AvgIpc) is 2.78. The van der Waals surface area contributed by atoms with E-state index in [1.54, 1.807) is 25.1 Å². The highest BCUT2D eigenvalue weighted by Gasteiger charge is 2.29. The van der Waals surface area contributed by atoms with Gasteiger partial charge in [0, 0.05) is 24.2 Å². The summed E-state index contributed by atoms with van der Waals surface area (Å²) in [6.07, 6.45) is 6.06. The smallest absolute Gasteiger partial charge is 0.207 e. The van der Waals surface area contributed by atoms with Gasteiger partial charge in [-0.15, -0.1) is 0 Å². The molecule has 2 aromatic rings. The largest absolute Gasteiger partial charge is 0.491 e. The van der Waals surface area contributed by atoms with Crippen LogP contribution in [-0.2, 0) is 17.6 Å². The van der Waals surface area contributed by atoms with Gasteiger partial charge in [-0.1, -0.05) is 19.4 Å². The zero-order valence-corrected chi connectivity index (χ0v) is 18.1. The average molecular weight is 434 g/mol. The molecule has 1 saturated heterocycles. The van der Waals surface area contributed by atoms with E-state index in [4.69, 9.17) is 14.2 Å². The van der Waals surface area contributed by atoms with Crippen LogP contribution in [0.4, 0.5) is 13.2 Å². The Kier molecular flexibility index (Phi) is 6.75. The number of hydrogen-bond acceptors (Lipinski definition) is 3. The normalized spacial score (nSPS) is 20.0. The predicted molar refractivity (Wildman–Crippen MR) is 113 cm³/mol. The second-order valence-electron chi connectivity index (χ2n) is 8.46. The summed E-state index contributed by atoms with van der Waals surface area (Å²) < 4.78 is 60.9. The van der Waals surface area contributed by atoms with Gasteiger partial charge in [0.2, 0.25) is 11.6 Å². The molecule has 1 fully saturated rings. The van der Waals surface area contributed by atoms with Crippen molar-refractivity contribution in [3.63, 3.8) is 0 Å². The van der Waals surface area contributed by atoms with Gasteiger partial charge < -0.3 is 14.2 Å². The summed E-state index contributed by atoms with van der Waals surface area (Å²) >= 11 is 0. The van der Waals surface area contributed by atoms with Gasteiger partial charge in [0.05, 0.1) is 12.7 Å². The van der Waals surface area contributed by atoms with Crippen molar-refractivity contribution in [1.82, 2.24) is 0 Å². The Labute approximate surface area is 181 Å². The number of halogens is 3. The molecule has 2 atom stereocenters. The number of fused-ring (bicyclic) bond motifs is 2. The molecule has 0 spiro atoms. The van der Waals surface area contributed by atoms with E-state index in [0.29, 0.717) is 48.3 Å². The zero-order valence-electron chi connectivity index (χ0n) is 18.1. The van der Waals surface area contributed by atoms with Crippen molar-refractivity contribution in [3.8, 4) is 17.2 Å². The van der Waals surface area contributed by atoms with Crippen LogP contribution in [-0.4, -0.2) is 19.3 Å². The van der Waals surface area contributed by atoms with Crippen molar-refractivity contribution in [2.24, 2.45) is 5.92 Å². The van der Waals surface area contributed by atoms with Crippen LogP contribution in [0, 0.1) is 23.4 Å². The van der Waals surface area contributed by atoms with E-state index in [1.165, 1.54) is 0 Å². The maximum Gasteiger partial charge on any atom is 0.207 e. The van der Waals surface area contributed by atoms with Gasteiger partial charge in [-0.25, -0.2) is 4.39 Å². The quantitative estimate of drug-likeness (QED) is 0.413. The molecule has 168 valence electrons. The Hall–Kier alpha value is -2.21. The lowest BCUT2D eigenvalue weighted by molar-refractivity contribution is -0.0218. The number of rotatable bonds is 7. The molecule has 3 nitrogen and oxygen atoms in total. The molecule has 2 aromatic carbocycles. The molecule has 0 aromatic heterocycles. The molecule has 2 unspecified atom stereocenters. The third-order valence-corrected chi connectivity index (χ3v) is 6.24. The molecule has 31 heavy (non-hydrogen) atoms. The minimum atomic E-state index is -1.05. The number of hydrogen-bond donors (Lipinski definition) is 0. The van der Waals surface area contributed by atoms with E-state index in [0.717, 1.165) is 32.1 Å². The number of aryl methyl sites for hydroxylation is 1. The van der Waals surface area contributed by atoms with Gasteiger partial charge >= 0.3 is 0 Å². The highest BCUT2D eigenvalue weighted by Crippen LogP contribution is 2.43. The second kappa shape index (κ2) is 9.51. The van der Waals surface area contributed by atoms with Crippen LogP contribution in [0.2, 0.25) is 0 Å². The molecule has 0 N–H and O–H groups in total. The maximum atomic E-state index is 14.8. The topological polar surface area (TPSA) is 27.7 Å². The molecule has 0 aliphatic carbocycles. The van der Waals surface area contributed by atoms with Crippen molar-refractivity contribution in [2.75, 3.05) is 13.2 Å². The molecule has 2 aliphatic heterocycles. The first-order chi connectivity index (χ1) is 15.0. The van der Waals surface area contributed by atoms with E-state index in [2.05, 4.69) is 6.92 Å². The highest BCUT2D eigenvalue weighted by atomic mass is 19.2. The third kappa shape index (κ3) is 4.54. The molecule has 6 heteroatoms. The van der Waals surface area contributed by atoms with Crippen molar-refractivity contribution in [2.45, 2.75) is 64.9 Å². The van der Waals surface area contributed by atoms with Crippen LogP contribution in [0.3, 0.4) is 0 Å². The van der Waals surface area contributed by atoms with E-state index in [1.807, 2.05) is 0 Å². The van der Waals surface area contributed by atoms with Crippen LogP contribution in [0.1, 0.15) is 62.6 Å². The van der Waals surface area contributed by atoms with E-state index >= 15 is 0 Å². The Morgan fingerprint density at radius 2 is 1.77 bits per heavy atom. The minimum Gasteiger partial charge on any atom is -0.491 e. The summed E-state index contributed by atoms with van der Waals surface area (Å²) in [6.45, 7) is 4.87. The number of ether oxygens (including phenoxy) is 3. The molecule has 0 amide bonds. The van der Waals surface area contributed by atoms with Crippen LogP contribution in [0.25, 0.3) is 0 Å². The van der Waals surface area contributed by atoms with Crippen LogP contribution in [0.15, 0.2) is 18.2 Å². The summed E-state index contributed by atoms with van der Waals surface area (Å²) in [6, 6.07) is 4.91. The Morgan fingerprint density at radius 3 is 2.48 bits per heavy atom. The van der Waals surface area contributed by atoms with Gasteiger partial charge in [-0.05, 0) is 62.6 Å². The molecule has 4 rings (SSSR count). The Bertz CT molecular complexity index is 936. The van der Waals surface area contributed by atoms with Gasteiger partial charge in [0.15, 0.2) is 23.1 Å². The van der Waals surface area contributed by atoms with E-state index < -0.39 is 17.5 Å². The monoisotopic (exact) mass is 434 g/mol. The van der Waals surface area contributed by atoms with Crippen LogP contribution < -0.4 is 9.47 Å². The minimum absolute atomic E-state index is 0.0399. The van der Waals surface area contributed by atoms with Gasteiger partial charge in [-0.2, -0.15) is 8.78 Å². The lowest BCUT2D eigenvalue weighted by Crippen LogP contribution is -2.26. The van der Waals surface area contributed by atoms with Crippen LogP contribution >= 0.6 is 0 Å². The van der Waals surface area contributed by atoms with Crippen LogP contribution in [0.5, 0.6) is 17.2 Å². The fraction of sp³-hybridized carbons (Fsp3) is 0.520. The lowest BCUT2D eigenvalue weighted by Gasteiger charge is -2.29.